The summed E-state index contributed by atoms with van der Waals surface area (Å²) < 4.78 is 27.1. The number of ether oxygens (including phenoxy) is 5. The molecule has 1 amide bonds. The molecule has 0 aliphatic heterocycles. The summed E-state index contributed by atoms with van der Waals surface area (Å²) in [7, 11) is 3.01. The Bertz CT molecular complexity index is 913. The van der Waals surface area contributed by atoms with Crippen LogP contribution in [0.25, 0.3) is 0 Å². The molecule has 0 radical (unpaired) electrons. The maximum absolute atomic E-state index is 12.6. The first-order valence-corrected chi connectivity index (χ1v) is 10.6. The minimum Gasteiger partial charge on any atom is -0.497 e. The minimum atomic E-state index is -1.05. The predicted molar refractivity (Wildman–Crippen MR) is 121 cm³/mol. The summed E-state index contributed by atoms with van der Waals surface area (Å²) in [6.07, 6.45) is 0.880. The van der Waals surface area contributed by atoms with E-state index < -0.39 is 18.0 Å². The standard InChI is InChI=1S/C24H31NO7/c1-6-8-13-31-21-11-9-17(14-22(21)30-7-2)24(27)32-16(3)23(26)25-19-15-18(28-4)10-12-20(19)29-5/h9-12,14-16H,6-8,13H2,1-5H3,(H,25,26). The van der Waals surface area contributed by atoms with Gasteiger partial charge >= 0.3 is 5.97 Å². The van der Waals surface area contributed by atoms with Gasteiger partial charge in [-0.3, -0.25) is 4.79 Å². The molecule has 0 saturated carbocycles. The second-order valence-corrected chi connectivity index (χ2v) is 6.90. The highest BCUT2D eigenvalue weighted by Crippen LogP contribution is 2.30. The van der Waals surface area contributed by atoms with Crippen molar-refractivity contribution in [3.8, 4) is 23.0 Å². The Morgan fingerprint density at radius 3 is 2.34 bits per heavy atom. The fourth-order valence-corrected chi connectivity index (χ4v) is 2.78. The number of rotatable bonds is 12. The van der Waals surface area contributed by atoms with Crippen LogP contribution in [-0.4, -0.2) is 45.4 Å². The van der Waals surface area contributed by atoms with Crippen molar-refractivity contribution in [1.82, 2.24) is 0 Å². The Morgan fingerprint density at radius 2 is 1.69 bits per heavy atom. The topological polar surface area (TPSA) is 92.3 Å². The number of esters is 1. The Morgan fingerprint density at radius 1 is 0.938 bits per heavy atom. The van der Waals surface area contributed by atoms with E-state index in [1.807, 2.05) is 6.92 Å². The molecule has 0 aliphatic rings. The first-order valence-electron chi connectivity index (χ1n) is 10.6. The second kappa shape index (κ2) is 12.4. The normalized spacial score (nSPS) is 11.3. The van der Waals surface area contributed by atoms with Crippen LogP contribution in [0.15, 0.2) is 36.4 Å². The van der Waals surface area contributed by atoms with Gasteiger partial charge < -0.3 is 29.0 Å². The van der Waals surface area contributed by atoms with E-state index in [9.17, 15) is 9.59 Å². The third kappa shape index (κ3) is 6.80. The average Bonchev–Trinajstić information content (AvgIpc) is 2.80. The maximum Gasteiger partial charge on any atom is 0.339 e. The fraction of sp³-hybridized carbons (Fsp3) is 0.417. The Kier molecular flexibility index (Phi) is 9.66. The minimum absolute atomic E-state index is 0.259. The van der Waals surface area contributed by atoms with E-state index in [2.05, 4.69) is 12.2 Å². The van der Waals surface area contributed by atoms with Crippen LogP contribution in [0.5, 0.6) is 23.0 Å². The van der Waals surface area contributed by atoms with Gasteiger partial charge in [-0.15, -0.1) is 0 Å². The summed E-state index contributed by atoms with van der Waals surface area (Å²) in [6.45, 7) is 6.40. The predicted octanol–water partition coefficient (Wildman–Crippen LogP) is 4.47. The molecule has 0 bridgehead atoms. The lowest BCUT2D eigenvalue weighted by molar-refractivity contribution is -0.123. The number of benzene rings is 2. The van der Waals surface area contributed by atoms with Crippen molar-refractivity contribution in [2.45, 2.75) is 39.7 Å². The number of unbranched alkanes of at least 4 members (excludes halogenated alkanes) is 1. The van der Waals surface area contributed by atoms with Gasteiger partial charge in [0, 0.05) is 6.07 Å². The monoisotopic (exact) mass is 445 g/mol. The summed E-state index contributed by atoms with van der Waals surface area (Å²) >= 11 is 0. The number of carbonyl (C=O) groups excluding carboxylic acids is 2. The van der Waals surface area contributed by atoms with Gasteiger partial charge in [-0.1, -0.05) is 13.3 Å². The Labute approximate surface area is 188 Å². The number of anilines is 1. The van der Waals surface area contributed by atoms with Crippen LogP contribution >= 0.6 is 0 Å². The lowest BCUT2D eigenvalue weighted by atomic mass is 10.2. The number of amides is 1. The Hall–Kier alpha value is -3.42. The van der Waals surface area contributed by atoms with E-state index in [4.69, 9.17) is 23.7 Å². The number of hydrogen-bond acceptors (Lipinski definition) is 7. The fourth-order valence-electron chi connectivity index (χ4n) is 2.78. The third-order valence-corrected chi connectivity index (χ3v) is 4.55. The van der Waals surface area contributed by atoms with Crippen molar-refractivity contribution in [2.75, 3.05) is 32.8 Å². The Balaban J connectivity index is 2.08. The van der Waals surface area contributed by atoms with E-state index in [0.717, 1.165) is 12.8 Å². The van der Waals surface area contributed by atoms with Crippen LogP contribution in [0.4, 0.5) is 5.69 Å². The molecule has 2 aromatic carbocycles. The van der Waals surface area contributed by atoms with Gasteiger partial charge in [0.15, 0.2) is 17.6 Å². The molecule has 0 fully saturated rings. The summed E-state index contributed by atoms with van der Waals surface area (Å²) in [6, 6.07) is 9.82. The van der Waals surface area contributed by atoms with Crippen molar-refractivity contribution in [3.63, 3.8) is 0 Å². The highest BCUT2D eigenvalue weighted by atomic mass is 16.5. The lowest BCUT2D eigenvalue weighted by Gasteiger charge is -2.17. The molecule has 1 unspecified atom stereocenters. The van der Waals surface area contributed by atoms with Crippen LogP contribution in [-0.2, 0) is 9.53 Å². The molecular formula is C24H31NO7. The first-order chi connectivity index (χ1) is 15.4. The first kappa shape index (κ1) is 24.8. The summed E-state index contributed by atoms with van der Waals surface area (Å²) in [4.78, 5) is 25.2. The SMILES string of the molecule is CCCCOc1ccc(C(=O)OC(C)C(=O)Nc2cc(OC)ccc2OC)cc1OCC. The van der Waals surface area contributed by atoms with Crippen molar-refractivity contribution < 1.29 is 33.3 Å². The molecule has 8 nitrogen and oxygen atoms in total. The molecule has 0 heterocycles. The van der Waals surface area contributed by atoms with Crippen LogP contribution < -0.4 is 24.3 Å². The second-order valence-electron chi connectivity index (χ2n) is 6.90. The zero-order valence-corrected chi connectivity index (χ0v) is 19.2. The van der Waals surface area contributed by atoms with Crippen molar-refractivity contribution in [3.05, 3.63) is 42.0 Å². The van der Waals surface area contributed by atoms with Gasteiger partial charge in [0.05, 0.1) is 38.7 Å². The van der Waals surface area contributed by atoms with Gasteiger partial charge in [0.2, 0.25) is 0 Å². The molecule has 32 heavy (non-hydrogen) atoms. The van der Waals surface area contributed by atoms with Gasteiger partial charge in [0.1, 0.15) is 11.5 Å². The zero-order valence-electron chi connectivity index (χ0n) is 19.2. The van der Waals surface area contributed by atoms with Crippen LogP contribution in [0.2, 0.25) is 0 Å². The van der Waals surface area contributed by atoms with Crippen molar-refractivity contribution in [1.29, 1.82) is 0 Å². The highest BCUT2D eigenvalue weighted by Gasteiger charge is 2.21. The molecule has 1 N–H and O–H groups in total. The van der Waals surface area contributed by atoms with Crippen LogP contribution in [0.1, 0.15) is 44.0 Å². The molecule has 0 spiro atoms. The van der Waals surface area contributed by atoms with E-state index in [0.29, 0.717) is 41.9 Å². The smallest absolute Gasteiger partial charge is 0.339 e. The van der Waals surface area contributed by atoms with Gasteiger partial charge in [-0.2, -0.15) is 0 Å². The molecule has 0 aromatic heterocycles. The molecular weight excluding hydrogens is 414 g/mol. The number of methoxy groups -OCH3 is 2. The number of nitrogens with one attached hydrogen (secondary N) is 1. The lowest BCUT2D eigenvalue weighted by Crippen LogP contribution is -2.30. The van der Waals surface area contributed by atoms with Crippen LogP contribution in [0.3, 0.4) is 0 Å². The van der Waals surface area contributed by atoms with Gasteiger partial charge in [0.25, 0.3) is 5.91 Å². The van der Waals surface area contributed by atoms with E-state index in [1.165, 1.54) is 21.1 Å². The number of carbonyl (C=O) groups is 2. The molecule has 174 valence electrons. The zero-order chi connectivity index (χ0) is 23.5. The van der Waals surface area contributed by atoms with Gasteiger partial charge in [-0.25, -0.2) is 4.79 Å². The summed E-state index contributed by atoms with van der Waals surface area (Å²) in [5.74, 6) is 0.873. The molecule has 0 aliphatic carbocycles. The van der Waals surface area contributed by atoms with Gasteiger partial charge in [-0.05, 0) is 50.6 Å². The highest BCUT2D eigenvalue weighted by molar-refractivity contribution is 5.98. The molecule has 2 rings (SSSR count). The van der Waals surface area contributed by atoms with Crippen molar-refractivity contribution in [2.24, 2.45) is 0 Å². The molecule has 0 saturated heterocycles. The average molecular weight is 446 g/mol. The molecule has 2 aromatic rings. The maximum atomic E-state index is 12.6. The van der Waals surface area contributed by atoms with E-state index in [-0.39, 0.29) is 5.56 Å². The molecule has 8 heteroatoms. The largest absolute Gasteiger partial charge is 0.497 e. The quantitative estimate of drug-likeness (QED) is 0.381. The third-order valence-electron chi connectivity index (χ3n) is 4.55. The summed E-state index contributed by atoms with van der Waals surface area (Å²) in [5, 5.41) is 2.70. The van der Waals surface area contributed by atoms with Crippen LogP contribution in [0, 0.1) is 0 Å². The van der Waals surface area contributed by atoms with Crippen molar-refractivity contribution >= 4 is 17.6 Å². The van der Waals surface area contributed by atoms with E-state index in [1.54, 1.807) is 36.4 Å². The number of hydrogen-bond donors (Lipinski definition) is 1. The summed E-state index contributed by atoms with van der Waals surface area (Å²) in [5.41, 5.74) is 0.668. The van der Waals surface area contributed by atoms with E-state index >= 15 is 0 Å². The molecule has 1 atom stereocenters.